The lowest BCUT2D eigenvalue weighted by Gasteiger charge is -2.12. The van der Waals surface area contributed by atoms with Crippen LogP contribution in [0.5, 0.6) is 5.75 Å². The summed E-state index contributed by atoms with van der Waals surface area (Å²) in [4.78, 5) is 12.2. The lowest BCUT2D eigenvalue weighted by molar-refractivity contribution is 0.102. The zero-order chi connectivity index (χ0) is 15.4. The molecule has 21 heavy (non-hydrogen) atoms. The molecule has 1 amide bonds. The van der Waals surface area contributed by atoms with Gasteiger partial charge in [0.25, 0.3) is 5.91 Å². The van der Waals surface area contributed by atoms with Gasteiger partial charge in [0.2, 0.25) is 0 Å². The Balaban J connectivity index is 2.31. The van der Waals surface area contributed by atoms with Crippen LogP contribution in [-0.4, -0.2) is 12.5 Å². The summed E-state index contributed by atoms with van der Waals surface area (Å²) in [6.45, 7) is 4.07. The maximum absolute atomic E-state index is 13.7. The highest BCUT2D eigenvalue weighted by molar-refractivity contribution is 6.31. The molecule has 0 aromatic heterocycles. The lowest BCUT2D eigenvalue weighted by Crippen LogP contribution is -2.15. The van der Waals surface area contributed by atoms with Gasteiger partial charge in [-0.15, -0.1) is 0 Å². The molecule has 0 atom stereocenters. The first-order valence-corrected chi connectivity index (χ1v) is 6.89. The standard InChI is InChI=1S/C16H15ClFNO2/c1-3-21-15-7-5-11(17)9-14(15)19-16(20)12-8-10(2)4-6-13(12)18/h4-9H,3H2,1-2H3,(H,19,20). The fraction of sp³-hybridized carbons (Fsp3) is 0.188. The summed E-state index contributed by atoms with van der Waals surface area (Å²) in [6, 6.07) is 9.26. The molecule has 110 valence electrons. The average Bonchev–Trinajstić information content (AvgIpc) is 2.44. The lowest BCUT2D eigenvalue weighted by atomic mass is 10.1. The van der Waals surface area contributed by atoms with Gasteiger partial charge in [-0.1, -0.05) is 23.2 Å². The molecule has 0 fully saturated rings. The molecule has 0 bridgehead atoms. The first-order chi connectivity index (χ1) is 10.0. The average molecular weight is 308 g/mol. The molecule has 0 spiro atoms. The molecule has 2 rings (SSSR count). The number of ether oxygens (including phenoxy) is 1. The fourth-order valence-electron chi connectivity index (χ4n) is 1.88. The van der Waals surface area contributed by atoms with Crippen molar-refractivity contribution in [3.8, 4) is 5.75 Å². The van der Waals surface area contributed by atoms with Crippen LogP contribution in [0.1, 0.15) is 22.8 Å². The van der Waals surface area contributed by atoms with E-state index < -0.39 is 11.7 Å². The number of anilines is 1. The van der Waals surface area contributed by atoms with Crippen molar-refractivity contribution in [1.82, 2.24) is 0 Å². The first kappa shape index (κ1) is 15.3. The quantitative estimate of drug-likeness (QED) is 0.907. The topological polar surface area (TPSA) is 38.3 Å². The first-order valence-electron chi connectivity index (χ1n) is 6.51. The maximum atomic E-state index is 13.7. The summed E-state index contributed by atoms with van der Waals surface area (Å²) in [6.07, 6.45) is 0. The number of hydrogen-bond donors (Lipinski definition) is 1. The van der Waals surface area contributed by atoms with E-state index in [-0.39, 0.29) is 5.56 Å². The van der Waals surface area contributed by atoms with Gasteiger partial charge in [-0.3, -0.25) is 4.79 Å². The summed E-state index contributed by atoms with van der Waals surface area (Å²) in [7, 11) is 0. The second-order valence-electron chi connectivity index (χ2n) is 4.51. The van der Waals surface area contributed by atoms with Crippen LogP contribution in [0.2, 0.25) is 5.02 Å². The monoisotopic (exact) mass is 307 g/mol. The molecular weight excluding hydrogens is 293 g/mol. The van der Waals surface area contributed by atoms with Gasteiger partial charge in [-0.25, -0.2) is 4.39 Å². The number of carbonyl (C=O) groups excluding carboxylic acids is 1. The molecule has 0 unspecified atom stereocenters. The molecule has 2 aromatic carbocycles. The second kappa shape index (κ2) is 6.59. The fourth-order valence-corrected chi connectivity index (χ4v) is 2.06. The number of aryl methyl sites for hydroxylation is 1. The van der Waals surface area contributed by atoms with E-state index in [1.165, 1.54) is 12.1 Å². The Hall–Kier alpha value is -2.07. The summed E-state index contributed by atoms with van der Waals surface area (Å²) in [5, 5.41) is 3.09. The highest BCUT2D eigenvalue weighted by Gasteiger charge is 2.14. The zero-order valence-corrected chi connectivity index (χ0v) is 12.5. The van der Waals surface area contributed by atoms with Crippen LogP contribution >= 0.6 is 11.6 Å². The van der Waals surface area contributed by atoms with Crippen LogP contribution in [-0.2, 0) is 0 Å². The van der Waals surface area contributed by atoms with E-state index >= 15 is 0 Å². The Morgan fingerprint density at radius 1 is 1.29 bits per heavy atom. The van der Waals surface area contributed by atoms with E-state index in [0.29, 0.717) is 23.1 Å². The smallest absolute Gasteiger partial charge is 0.258 e. The molecule has 0 aliphatic heterocycles. The number of carbonyl (C=O) groups is 1. The Morgan fingerprint density at radius 2 is 2.05 bits per heavy atom. The van der Waals surface area contributed by atoms with Crippen molar-refractivity contribution in [1.29, 1.82) is 0 Å². The van der Waals surface area contributed by atoms with Crippen LogP contribution in [0.25, 0.3) is 0 Å². The van der Waals surface area contributed by atoms with Gasteiger partial charge < -0.3 is 10.1 Å². The minimum absolute atomic E-state index is 0.0163. The molecule has 0 aliphatic carbocycles. The minimum atomic E-state index is -0.571. The number of amides is 1. The third-order valence-corrected chi connectivity index (χ3v) is 3.09. The molecule has 0 saturated heterocycles. The Kier molecular flexibility index (Phi) is 4.81. The normalized spacial score (nSPS) is 10.3. The summed E-state index contributed by atoms with van der Waals surface area (Å²) in [5.74, 6) is -0.624. The number of halogens is 2. The van der Waals surface area contributed by atoms with Gasteiger partial charge in [0.1, 0.15) is 11.6 Å². The van der Waals surface area contributed by atoms with Gasteiger partial charge in [-0.2, -0.15) is 0 Å². The SMILES string of the molecule is CCOc1ccc(Cl)cc1NC(=O)c1cc(C)ccc1F. The van der Waals surface area contributed by atoms with E-state index in [9.17, 15) is 9.18 Å². The number of rotatable bonds is 4. The third kappa shape index (κ3) is 3.73. The van der Waals surface area contributed by atoms with Gasteiger partial charge in [0.15, 0.2) is 0 Å². The van der Waals surface area contributed by atoms with Gasteiger partial charge in [0.05, 0.1) is 17.9 Å². The summed E-state index contributed by atoms with van der Waals surface area (Å²) < 4.78 is 19.1. The predicted molar refractivity (Wildman–Crippen MR) is 81.7 cm³/mol. The maximum Gasteiger partial charge on any atom is 0.258 e. The third-order valence-electron chi connectivity index (χ3n) is 2.86. The summed E-state index contributed by atoms with van der Waals surface area (Å²) >= 11 is 5.92. The van der Waals surface area contributed by atoms with Crippen molar-refractivity contribution < 1.29 is 13.9 Å². The van der Waals surface area contributed by atoms with E-state index in [2.05, 4.69) is 5.32 Å². The summed E-state index contributed by atoms with van der Waals surface area (Å²) in [5.41, 5.74) is 1.20. The molecule has 0 heterocycles. The van der Waals surface area contributed by atoms with Crippen LogP contribution in [0.4, 0.5) is 10.1 Å². The molecule has 3 nitrogen and oxygen atoms in total. The highest BCUT2D eigenvalue weighted by atomic mass is 35.5. The molecule has 5 heteroatoms. The minimum Gasteiger partial charge on any atom is -0.492 e. The van der Waals surface area contributed by atoms with Crippen molar-refractivity contribution in [2.24, 2.45) is 0 Å². The van der Waals surface area contributed by atoms with Crippen molar-refractivity contribution >= 4 is 23.2 Å². The van der Waals surface area contributed by atoms with Crippen LogP contribution < -0.4 is 10.1 Å². The molecule has 0 radical (unpaired) electrons. The van der Waals surface area contributed by atoms with Crippen molar-refractivity contribution in [2.75, 3.05) is 11.9 Å². The number of hydrogen-bond acceptors (Lipinski definition) is 2. The van der Waals surface area contributed by atoms with Crippen LogP contribution in [0, 0.1) is 12.7 Å². The molecular formula is C16H15ClFNO2. The van der Waals surface area contributed by atoms with Gasteiger partial charge in [-0.05, 0) is 44.2 Å². The highest BCUT2D eigenvalue weighted by Crippen LogP contribution is 2.28. The van der Waals surface area contributed by atoms with Crippen molar-refractivity contribution in [3.63, 3.8) is 0 Å². The van der Waals surface area contributed by atoms with Gasteiger partial charge in [0, 0.05) is 5.02 Å². The van der Waals surface area contributed by atoms with Crippen molar-refractivity contribution in [3.05, 3.63) is 58.4 Å². The largest absolute Gasteiger partial charge is 0.492 e. The van der Waals surface area contributed by atoms with Crippen molar-refractivity contribution in [2.45, 2.75) is 13.8 Å². The second-order valence-corrected chi connectivity index (χ2v) is 4.95. The van der Waals surface area contributed by atoms with Crippen LogP contribution in [0.3, 0.4) is 0 Å². The zero-order valence-electron chi connectivity index (χ0n) is 11.7. The van der Waals surface area contributed by atoms with E-state index in [0.717, 1.165) is 5.56 Å². The number of nitrogens with one attached hydrogen (secondary N) is 1. The molecule has 0 saturated carbocycles. The van der Waals surface area contributed by atoms with Gasteiger partial charge >= 0.3 is 0 Å². The Bertz CT molecular complexity index is 673. The predicted octanol–water partition coefficient (Wildman–Crippen LogP) is 4.44. The van der Waals surface area contributed by atoms with Crippen LogP contribution in [0.15, 0.2) is 36.4 Å². The molecule has 0 aliphatic rings. The van der Waals surface area contributed by atoms with E-state index in [1.54, 1.807) is 31.2 Å². The number of benzene rings is 2. The molecule has 2 aromatic rings. The molecule has 1 N–H and O–H groups in total. The van der Waals surface area contributed by atoms with E-state index in [4.69, 9.17) is 16.3 Å². The van der Waals surface area contributed by atoms with E-state index in [1.807, 2.05) is 6.92 Å². The Labute approximate surface area is 127 Å². The Morgan fingerprint density at radius 3 is 2.76 bits per heavy atom.